The van der Waals surface area contributed by atoms with Crippen molar-refractivity contribution in [2.75, 3.05) is 0 Å². The van der Waals surface area contributed by atoms with Crippen molar-refractivity contribution in [2.45, 2.75) is 64.2 Å². The van der Waals surface area contributed by atoms with Crippen molar-refractivity contribution in [1.82, 2.24) is 15.0 Å². The van der Waals surface area contributed by atoms with Crippen LogP contribution in [0.15, 0.2) is 9.82 Å². The minimum atomic E-state index is -0.119. The Hall–Kier alpha value is -2.17. The molecule has 5 nitrogen and oxygen atoms in total. The Bertz CT molecular complexity index is 1220. The summed E-state index contributed by atoms with van der Waals surface area (Å²) < 4.78 is 0. The summed E-state index contributed by atoms with van der Waals surface area (Å²) in [6, 6.07) is 2.29. The maximum atomic E-state index is 12.9. The molecular formula is C22H24N4OS2. The fourth-order valence-electron chi connectivity index (χ4n) is 3.91. The van der Waals surface area contributed by atoms with Crippen molar-refractivity contribution in [3.05, 3.63) is 49.0 Å². The number of nitrogens with one attached hydrogen (secondary N) is 1. The molecule has 0 fully saturated rings. The van der Waals surface area contributed by atoms with Gasteiger partial charge in [-0.3, -0.25) is 4.79 Å². The SMILES string of the molecule is Cc1nc(SC(C)c2nc3sc4c(c3c(=O)[nH]2)CCC(C)C4)c(C#N)c(C)c1C. The standard InChI is InChI=1S/C22H24N4OS2/c1-10-6-7-15-17(8-10)29-22-18(15)20(27)25-19(26-22)14(5)28-21-16(9-23)12(3)11(2)13(4)24-21/h10,14H,6-8H2,1-5H3,(H,25,26,27). The van der Waals surface area contributed by atoms with Crippen LogP contribution in [0.1, 0.15) is 64.2 Å². The zero-order chi connectivity index (χ0) is 20.9. The molecule has 1 N–H and O–H groups in total. The fraction of sp³-hybridized carbons (Fsp3) is 0.455. The number of nitrogens with zero attached hydrogens (tertiary/aromatic N) is 3. The number of H-pyrrole nitrogens is 1. The molecule has 29 heavy (non-hydrogen) atoms. The van der Waals surface area contributed by atoms with Gasteiger partial charge in [-0.1, -0.05) is 18.7 Å². The maximum absolute atomic E-state index is 12.9. The summed E-state index contributed by atoms with van der Waals surface area (Å²) >= 11 is 3.14. The molecule has 0 saturated carbocycles. The number of aryl methyl sites for hydroxylation is 2. The molecule has 3 heterocycles. The Labute approximate surface area is 178 Å². The highest BCUT2D eigenvalue weighted by Gasteiger charge is 2.24. The summed E-state index contributed by atoms with van der Waals surface area (Å²) in [5.41, 5.74) is 4.69. The number of pyridine rings is 1. The van der Waals surface area contributed by atoms with Gasteiger partial charge in [0.25, 0.3) is 5.56 Å². The zero-order valence-corrected chi connectivity index (χ0v) is 19.0. The smallest absolute Gasteiger partial charge is 0.259 e. The second kappa shape index (κ2) is 7.58. The molecule has 0 bridgehead atoms. The number of nitriles is 1. The molecule has 1 aliphatic carbocycles. The summed E-state index contributed by atoms with van der Waals surface area (Å²) in [5.74, 6) is 1.30. The van der Waals surface area contributed by atoms with Crippen LogP contribution in [0, 0.1) is 38.0 Å². The third-order valence-electron chi connectivity index (χ3n) is 5.93. The van der Waals surface area contributed by atoms with Crippen LogP contribution in [0.25, 0.3) is 10.2 Å². The van der Waals surface area contributed by atoms with E-state index >= 15 is 0 Å². The van der Waals surface area contributed by atoms with E-state index in [0.29, 0.717) is 22.3 Å². The largest absolute Gasteiger partial charge is 0.309 e. The van der Waals surface area contributed by atoms with E-state index in [9.17, 15) is 10.1 Å². The van der Waals surface area contributed by atoms with Crippen LogP contribution in [0.3, 0.4) is 0 Å². The number of hydrogen-bond donors (Lipinski definition) is 1. The van der Waals surface area contributed by atoms with E-state index < -0.39 is 0 Å². The summed E-state index contributed by atoms with van der Waals surface area (Å²) in [7, 11) is 0. The van der Waals surface area contributed by atoms with Gasteiger partial charge in [0.1, 0.15) is 21.7 Å². The van der Waals surface area contributed by atoms with Crippen molar-refractivity contribution in [2.24, 2.45) is 5.92 Å². The Morgan fingerprint density at radius 1 is 1.28 bits per heavy atom. The van der Waals surface area contributed by atoms with Crippen LogP contribution in [-0.4, -0.2) is 15.0 Å². The van der Waals surface area contributed by atoms with E-state index in [-0.39, 0.29) is 10.8 Å². The van der Waals surface area contributed by atoms with Crippen LogP contribution < -0.4 is 5.56 Å². The Morgan fingerprint density at radius 2 is 2.03 bits per heavy atom. The van der Waals surface area contributed by atoms with E-state index in [0.717, 1.165) is 46.3 Å². The molecule has 0 saturated heterocycles. The van der Waals surface area contributed by atoms with Crippen molar-refractivity contribution >= 4 is 33.3 Å². The van der Waals surface area contributed by atoms with Crippen LogP contribution in [-0.2, 0) is 12.8 Å². The van der Waals surface area contributed by atoms with Gasteiger partial charge < -0.3 is 4.98 Å². The summed E-state index contributed by atoms with van der Waals surface area (Å²) in [5, 5.41) is 11.0. The molecule has 2 unspecified atom stereocenters. The van der Waals surface area contributed by atoms with Gasteiger partial charge in [0.2, 0.25) is 0 Å². The molecule has 0 radical (unpaired) electrons. The normalized spacial score (nSPS) is 17.2. The van der Waals surface area contributed by atoms with E-state index in [2.05, 4.69) is 23.0 Å². The molecular weight excluding hydrogens is 400 g/mol. The maximum Gasteiger partial charge on any atom is 0.259 e. The number of fused-ring (bicyclic) bond motifs is 3. The lowest BCUT2D eigenvalue weighted by Crippen LogP contribution is -2.15. The first-order valence-electron chi connectivity index (χ1n) is 9.89. The van der Waals surface area contributed by atoms with Gasteiger partial charge in [0.05, 0.1) is 16.2 Å². The monoisotopic (exact) mass is 424 g/mol. The second-order valence-electron chi connectivity index (χ2n) is 7.98. The predicted octanol–water partition coefficient (Wildman–Crippen LogP) is 5.15. The fourth-order valence-corrected chi connectivity index (χ4v) is 6.36. The molecule has 0 aliphatic heterocycles. The van der Waals surface area contributed by atoms with E-state index in [1.54, 1.807) is 11.3 Å². The lowest BCUT2D eigenvalue weighted by Gasteiger charge is -2.17. The Kier molecular flexibility index (Phi) is 5.26. The molecule has 4 rings (SSSR count). The molecule has 7 heteroatoms. The first-order chi connectivity index (χ1) is 13.8. The molecule has 2 atom stereocenters. The number of rotatable bonds is 3. The highest BCUT2D eigenvalue weighted by Crippen LogP contribution is 2.38. The Morgan fingerprint density at radius 3 is 2.76 bits per heavy atom. The van der Waals surface area contributed by atoms with Crippen molar-refractivity contribution in [3.63, 3.8) is 0 Å². The first-order valence-corrected chi connectivity index (χ1v) is 11.6. The minimum absolute atomic E-state index is 0.0470. The number of thioether (sulfide) groups is 1. The molecule has 0 aromatic carbocycles. The van der Waals surface area contributed by atoms with Gasteiger partial charge in [-0.2, -0.15) is 5.26 Å². The summed E-state index contributed by atoms with van der Waals surface area (Å²) in [4.78, 5) is 27.5. The zero-order valence-electron chi connectivity index (χ0n) is 17.3. The number of aromatic amines is 1. The van der Waals surface area contributed by atoms with Gasteiger partial charge in [-0.15, -0.1) is 11.3 Å². The molecule has 0 amide bonds. The quantitative estimate of drug-likeness (QED) is 0.588. The van der Waals surface area contributed by atoms with Crippen molar-refractivity contribution < 1.29 is 0 Å². The average molecular weight is 425 g/mol. The van der Waals surface area contributed by atoms with Gasteiger partial charge in [0, 0.05) is 10.6 Å². The number of hydrogen-bond acceptors (Lipinski definition) is 6. The van der Waals surface area contributed by atoms with Crippen LogP contribution in [0.2, 0.25) is 0 Å². The second-order valence-corrected chi connectivity index (χ2v) is 10.4. The van der Waals surface area contributed by atoms with Gasteiger partial charge >= 0.3 is 0 Å². The van der Waals surface area contributed by atoms with E-state index in [1.165, 1.54) is 22.2 Å². The molecule has 0 spiro atoms. The topological polar surface area (TPSA) is 82.4 Å². The van der Waals surface area contributed by atoms with Crippen LogP contribution in [0.5, 0.6) is 0 Å². The van der Waals surface area contributed by atoms with Crippen LogP contribution in [0.4, 0.5) is 0 Å². The highest BCUT2D eigenvalue weighted by atomic mass is 32.2. The lowest BCUT2D eigenvalue weighted by atomic mass is 9.89. The molecule has 150 valence electrons. The highest BCUT2D eigenvalue weighted by molar-refractivity contribution is 7.99. The van der Waals surface area contributed by atoms with E-state index in [4.69, 9.17) is 4.98 Å². The third-order valence-corrected chi connectivity index (χ3v) is 8.18. The summed E-state index contributed by atoms with van der Waals surface area (Å²) in [6.07, 6.45) is 3.12. The first kappa shape index (κ1) is 20.1. The Balaban J connectivity index is 1.73. The van der Waals surface area contributed by atoms with Crippen molar-refractivity contribution in [1.29, 1.82) is 5.26 Å². The van der Waals surface area contributed by atoms with Gasteiger partial charge in [0.15, 0.2) is 0 Å². The number of aromatic nitrogens is 3. The lowest BCUT2D eigenvalue weighted by molar-refractivity contribution is 0.509. The third kappa shape index (κ3) is 3.49. The minimum Gasteiger partial charge on any atom is -0.309 e. The van der Waals surface area contributed by atoms with E-state index in [1.807, 2.05) is 27.7 Å². The average Bonchev–Trinajstić information content (AvgIpc) is 3.04. The molecule has 1 aliphatic rings. The molecule has 3 aromatic rings. The summed E-state index contributed by atoms with van der Waals surface area (Å²) in [6.45, 7) is 10.2. The molecule has 3 aromatic heterocycles. The van der Waals surface area contributed by atoms with Crippen molar-refractivity contribution in [3.8, 4) is 6.07 Å². The van der Waals surface area contributed by atoms with Gasteiger partial charge in [-0.05, 0) is 69.6 Å². The van der Waals surface area contributed by atoms with Crippen LogP contribution >= 0.6 is 23.1 Å². The van der Waals surface area contributed by atoms with Gasteiger partial charge in [-0.25, -0.2) is 9.97 Å². The predicted molar refractivity (Wildman–Crippen MR) is 119 cm³/mol. The number of thiophene rings is 1.